The Bertz CT molecular complexity index is 654. The van der Waals surface area contributed by atoms with Crippen molar-refractivity contribution in [2.75, 3.05) is 6.61 Å². The molecular formula is C19H24N2O2. The number of ether oxygens (including phenoxy) is 1. The zero-order chi connectivity index (χ0) is 16.8. The molecule has 0 bridgehead atoms. The second-order valence-electron chi connectivity index (χ2n) is 6.03. The Morgan fingerprint density at radius 1 is 1.22 bits per heavy atom. The van der Waals surface area contributed by atoms with Crippen molar-refractivity contribution < 1.29 is 9.53 Å². The number of carbonyl (C=O) groups excluding carboxylic acids is 1. The molecule has 4 heteroatoms. The van der Waals surface area contributed by atoms with Gasteiger partial charge >= 0.3 is 0 Å². The monoisotopic (exact) mass is 312 g/mol. The molecule has 1 heterocycles. The van der Waals surface area contributed by atoms with E-state index >= 15 is 0 Å². The minimum absolute atomic E-state index is 0.000344. The van der Waals surface area contributed by atoms with Gasteiger partial charge in [0.2, 0.25) is 0 Å². The van der Waals surface area contributed by atoms with Crippen LogP contribution in [0.3, 0.4) is 0 Å². The lowest BCUT2D eigenvalue weighted by Gasteiger charge is -2.16. The van der Waals surface area contributed by atoms with Gasteiger partial charge in [0.15, 0.2) is 6.61 Å². The maximum Gasteiger partial charge on any atom is 0.258 e. The van der Waals surface area contributed by atoms with Crippen molar-refractivity contribution in [3.8, 4) is 5.75 Å². The number of hydrogen-bond acceptors (Lipinski definition) is 3. The average molecular weight is 312 g/mol. The van der Waals surface area contributed by atoms with Crippen LogP contribution < -0.4 is 10.1 Å². The van der Waals surface area contributed by atoms with Crippen LogP contribution in [-0.4, -0.2) is 17.5 Å². The Morgan fingerprint density at radius 3 is 2.65 bits per heavy atom. The number of nitrogens with zero attached hydrogens (tertiary/aromatic N) is 1. The lowest BCUT2D eigenvalue weighted by atomic mass is 10.0. The third-order valence-electron chi connectivity index (χ3n) is 3.66. The summed E-state index contributed by atoms with van der Waals surface area (Å²) in [6, 6.07) is 11.6. The van der Waals surface area contributed by atoms with Crippen LogP contribution in [0.2, 0.25) is 0 Å². The quantitative estimate of drug-likeness (QED) is 0.883. The van der Waals surface area contributed by atoms with E-state index < -0.39 is 0 Å². The van der Waals surface area contributed by atoms with Crippen LogP contribution >= 0.6 is 0 Å². The van der Waals surface area contributed by atoms with E-state index in [1.54, 1.807) is 6.20 Å². The van der Waals surface area contributed by atoms with Gasteiger partial charge in [0, 0.05) is 6.20 Å². The third kappa shape index (κ3) is 4.81. The van der Waals surface area contributed by atoms with Gasteiger partial charge in [-0.1, -0.05) is 32.0 Å². The molecule has 0 fully saturated rings. The van der Waals surface area contributed by atoms with Gasteiger partial charge in [-0.2, -0.15) is 0 Å². The zero-order valence-electron chi connectivity index (χ0n) is 14.2. The van der Waals surface area contributed by atoms with E-state index in [0.717, 1.165) is 22.6 Å². The van der Waals surface area contributed by atoms with Gasteiger partial charge in [-0.15, -0.1) is 0 Å². The van der Waals surface area contributed by atoms with Gasteiger partial charge in [-0.25, -0.2) is 0 Å². The Hall–Kier alpha value is -2.36. The average Bonchev–Trinajstić information content (AvgIpc) is 2.53. The molecule has 2 aromatic rings. The van der Waals surface area contributed by atoms with E-state index in [1.807, 2.05) is 38.1 Å². The Kier molecular flexibility index (Phi) is 5.74. The fourth-order valence-electron chi connectivity index (χ4n) is 2.38. The number of nitrogens with one attached hydrogen (secondary N) is 1. The highest BCUT2D eigenvalue weighted by molar-refractivity contribution is 5.78. The first kappa shape index (κ1) is 17.0. The van der Waals surface area contributed by atoms with E-state index in [4.69, 9.17) is 4.74 Å². The van der Waals surface area contributed by atoms with Gasteiger partial charge in [-0.3, -0.25) is 9.78 Å². The highest BCUT2D eigenvalue weighted by atomic mass is 16.5. The van der Waals surface area contributed by atoms with E-state index in [1.165, 1.54) is 0 Å². The van der Waals surface area contributed by atoms with Crippen LogP contribution in [0.1, 0.15) is 49.6 Å². The smallest absolute Gasteiger partial charge is 0.258 e. The van der Waals surface area contributed by atoms with Crippen molar-refractivity contribution in [3.63, 3.8) is 0 Å². The molecule has 0 aliphatic rings. The molecule has 0 saturated heterocycles. The Morgan fingerprint density at radius 2 is 2.00 bits per heavy atom. The van der Waals surface area contributed by atoms with Crippen molar-refractivity contribution in [1.82, 2.24) is 10.3 Å². The van der Waals surface area contributed by atoms with Crippen LogP contribution in [0.5, 0.6) is 5.75 Å². The number of hydrogen-bond donors (Lipinski definition) is 1. The molecule has 1 atom stereocenters. The maximum atomic E-state index is 12.1. The van der Waals surface area contributed by atoms with Gasteiger partial charge < -0.3 is 10.1 Å². The third-order valence-corrected chi connectivity index (χ3v) is 3.66. The fraction of sp³-hybridized carbons (Fsp3) is 0.368. The summed E-state index contributed by atoms with van der Waals surface area (Å²) in [5.74, 6) is 0.973. The molecule has 4 nitrogen and oxygen atoms in total. The largest absolute Gasteiger partial charge is 0.483 e. The minimum Gasteiger partial charge on any atom is -0.483 e. The topological polar surface area (TPSA) is 51.2 Å². The summed E-state index contributed by atoms with van der Waals surface area (Å²) in [6.07, 6.45) is 1.72. The molecular weight excluding hydrogens is 288 g/mol. The first-order valence-electron chi connectivity index (χ1n) is 7.91. The van der Waals surface area contributed by atoms with Gasteiger partial charge in [0.25, 0.3) is 5.91 Å². The predicted molar refractivity (Wildman–Crippen MR) is 91.6 cm³/mol. The molecule has 0 radical (unpaired) electrons. The van der Waals surface area contributed by atoms with Crippen LogP contribution in [0.25, 0.3) is 0 Å². The number of aryl methyl sites for hydroxylation is 1. The van der Waals surface area contributed by atoms with Crippen molar-refractivity contribution in [3.05, 3.63) is 59.4 Å². The van der Waals surface area contributed by atoms with Gasteiger partial charge in [0.05, 0.1) is 11.7 Å². The molecule has 0 spiro atoms. The summed E-state index contributed by atoms with van der Waals surface area (Å²) in [6.45, 7) is 8.15. The number of aromatic nitrogens is 1. The summed E-state index contributed by atoms with van der Waals surface area (Å²) in [4.78, 5) is 16.3. The normalized spacial score (nSPS) is 12.0. The maximum absolute atomic E-state index is 12.1. The van der Waals surface area contributed by atoms with Crippen molar-refractivity contribution >= 4 is 5.91 Å². The summed E-state index contributed by atoms with van der Waals surface area (Å²) < 4.78 is 5.75. The van der Waals surface area contributed by atoms with Gasteiger partial charge in [-0.05, 0) is 49.1 Å². The van der Waals surface area contributed by atoms with Crippen LogP contribution in [0, 0.1) is 6.92 Å². The highest BCUT2D eigenvalue weighted by Crippen LogP contribution is 2.27. The Balaban J connectivity index is 1.96. The van der Waals surface area contributed by atoms with Crippen LogP contribution in [-0.2, 0) is 4.79 Å². The molecule has 0 aliphatic carbocycles. The van der Waals surface area contributed by atoms with Crippen molar-refractivity contribution in [2.24, 2.45) is 0 Å². The first-order chi connectivity index (χ1) is 11.0. The number of carbonyl (C=O) groups is 1. The fourth-order valence-corrected chi connectivity index (χ4v) is 2.38. The molecule has 122 valence electrons. The summed E-state index contributed by atoms with van der Waals surface area (Å²) in [5, 5.41) is 2.90. The lowest BCUT2D eigenvalue weighted by molar-refractivity contribution is -0.123. The molecule has 1 aromatic heterocycles. The second kappa shape index (κ2) is 7.77. The zero-order valence-corrected chi connectivity index (χ0v) is 14.2. The molecule has 0 saturated carbocycles. The molecule has 1 N–H and O–H groups in total. The number of rotatable bonds is 6. The van der Waals surface area contributed by atoms with Crippen LogP contribution in [0.4, 0.5) is 0 Å². The molecule has 23 heavy (non-hydrogen) atoms. The van der Waals surface area contributed by atoms with Gasteiger partial charge in [0.1, 0.15) is 5.75 Å². The number of pyridine rings is 1. The lowest BCUT2D eigenvalue weighted by Crippen LogP contribution is -2.31. The molecule has 1 aromatic carbocycles. The number of benzene rings is 1. The summed E-state index contributed by atoms with van der Waals surface area (Å²) in [5.41, 5.74) is 3.06. The predicted octanol–water partition coefficient (Wildman–Crippen LogP) is 3.77. The minimum atomic E-state index is -0.153. The second-order valence-corrected chi connectivity index (χ2v) is 6.03. The van der Waals surface area contributed by atoms with E-state index in [-0.39, 0.29) is 18.6 Å². The summed E-state index contributed by atoms with van der Waals surface area (Å²) >= 11 is 0. The molecule has 2 rings (SSSR count). The van der Waals surface area contributed by atoms with E-state index in [0.29, 0.717) is 5.92 Å². The molecule has 1 amide bonds. The molecule has 0 unspecified atom stereocenters. The van der Waals surface area contributed by atoms with Crippen LogP contribution in [0.15, 0.2) is 42.6 Å². The first-order valence-corrected chi connectivity index (χ1v) is 7.91. The highest BCUT2D eigenvalue weighted by Gasteiger charge is 2.13. The standard InChI is InChI=1S/C19H24N2O2/c1-13(2)16-9-8-14(3)11-18(16)23-12-19(22)21-15(4)17-7-5-6-10-20-17/h5-11,13,15H,12H2,1-4H3,(H,21,22)/t15-/m1/s1. The Labute approximate surface area is 137 Å². The van der Waals surface area contributed by atoms with E-state index in [9.17, 15) is 4.79 Å². The van der Waals surface area contributed by atoms with Crippen molar-refractivity contribution in [2.45, 2.75) is 39.7 Å². The number of amides is 1. The SMILES string of the molecule is Cc1ccc(C(C)C)c(OCC(=O)N[C@H](C)c2ccccn2)c1. The van der Waals surface area contributed by atoms with E-state index in [2.05, 4.69) is 36.3 Å². The van der Waals surface area contributed by atoms with Crippen molar-refractivity contribution in [1.29, 1.82) is 0 Å². The molecule has 0 aliphatic heterocycles. The summed E-state index contributed by atoms with van der Waals surface area (Å²) in [7, 11) is 0.